The van der Waals surface area contributed by atoms with Crippen LogP contribution in [0.25, 0.3) is 22.6 Å². The molecule has 30 heavy (non-hydrogen) atoms. The fourth-order valence-electron chi connectivity index (χ4n) is 4.92. The highest BCUT2D eigenvalue weighted by Gasteiger charge is 2.48. The topological polar surface area (TPSA) is 106 Å². The van der Waals surface area contributed by atoms with Gasteiger partial charge >= 0.3 is 5.97 Å². The van der Waals surface area contributed by atoms with Crippen molar-refractivity contribution in [2.24, 2.45) is 17.8 Å². The standard InChI is InChI=1S/C20H20ClFN6O2/c1-30-20(29)14-9-2-4-10(5-3-9)15(14)25-18-13(21)8-24-19(26-18)16-12-6-11(22)7-23-17(12)28-27-16/h6-10,14-15H,2-5H2,1H3,(H,23,27,28)(H,24,25,26). The van der Waals surface area contributed by atoms with Crippen molar-refractivity contribution in [3.63, 3.8) is 0 Å². The molecule has 0 radical (unpaired) electrons. The number of methoxy groups -OCH3 is 1. The van der Waals surface area contributed by atoms with Gasteiger partial charge in [-0.15, -0.1) is 0 Å². The van der Waals surface area contributed by atoms with Crippen LogP contribution in [0.4, 0.5) is 10.2 Å². The summed E-state index contributed by atoms with van der Waals surface area (Å²) >= 11 is 6.38. The fraction of sp³-hybridized carbons (Fsp3) is 0.450. The molecule has 2 bridgehead atoms. The summed E-state index contributed by atoms with van der Waals surface area (Å²) in [5.41, 5.74) is 0.821. The third-order valence-corrected chi connectivity index (χ3v) is 6.62. The van der Waals surface area contributed by atoms with Crippen LogP contribution in [0.2, 0.25) is 5.02 Å². The van der Waals surface area contributed by atoms with E-state index in [9.17, 15) is 9.18 Å². The first kappa shape index (κ1) is 19.2. The SMILES string of the molecule is COC(=O)C1C2CCC(CC2)C1Nc1nc(-c2[nH]nc3ncc(F)cc23)ncc1Cl. The number of anilines is 1. The van der Waals surface area contributed by atoms with Crippen LogP contribution in [0.5, 0.6) is 0 Å². The van der Waals surface area contributed by atoms with E-state index in [1.54, 1.807) is 0 Å². The van der Waals surface area contributed by atoms with Crippen LogP contribution in [0.1, 0.15) is 25.7 Å². The van der Waals surface area contributed by atoms with Crippen LogP contribution in [0.3, 0.4) is 0 Å². The highest BCUT2D eigenvalue weighted by atomic mass is 35.5. The molecule has 0 amide bonds. The van der Waals surface area contributed by atoms with Crippen molar-refractivity contribution in [3.8, 4) is 11.5 Å². The van der Waals surface area contributed by atoms with E-state index in [1.807, 2.05) is 0 Å². The van der Waals surface area contributed by atoms with E-state index in [4.69, 9.17) is 16.3 Å². The predicted molar refractivity (Wildman–Crippen MR) is 108 cm³/mol. The number of ether oxygens (including phenoxy) is 1. The van der Waals surface area contributed by atoms with Gasteiger partial charge in [0.2, 0.25) is 0 Å². The molecule has 3 aliphatic carbocycles. The number of aromatic amines is 1. The average Bonchev–Trinajstić information content (AvgIpc) is 3.18. The molecule has 0 aromatic carbocycles. The average molecular weight is 431 g/mol. The van der Waals surface area contributed by atoms with Crippen molar-refractivity contribution in [2.45, 2.75) is 31.7 Å². The summed E-state index contributed by atoms with van der Waals surface area (Å²) in [6, 6.07) is 1.22. The van der Waals surface area contributed by atoms with Crippen LogP contribution in [0, 0.1) is 23.6 Å². The van der Waals surface area contributed by atoms with Gasteiger partial charge in [0.05, 0.1) is 30.8 Å². The smallest absolute Gasteiger partial charge is 0.311 e. The molecule has 2 N–H and O–H groups in total. The molecule has 2 atom stereocenters. The third kappa shape index (κ3) is 3.17. The summed E-state index contributed by atoms with van der Waals surface area (Å²) in [6.45, 7) is 0. The number of nitrogens with one attached hydrogen (secondary N) is 2. The van der Waals surface area contributed by atoms with Crippen molar-refractivity contribution < 1.29 is 13.9 Å². The summed E-state index contributed by atoms with van der Waals surface area (Å²) in [5.74, 6) is 0.478. The van der Waals surface area contributed by atoms with Crippen LogP contribution in [-0.2, 0) is 9.53 Å². The number of carbonyl (C=O) groups excluding carboxylic acids is 1. The Morgan fingerprint density at radius 1 is 1.23 bits per heavy atom. The van der Waals surface area contributed by atoms with Crippen LogP contribution >= 0.6 is 11.6 Å². The lowest BCUT2D eigenvalue weighted by Gasteiger charge is -2.47. The lowest BCUT2D eigenvalue weighted by Crippen LogP contribution is -2.51. The molecular formula is C20H20ClFN6O2. The van der Waals surface area contributed by atoms with E-state index in [1.165, 1.54) is 19.4 Å². The molecule has 2 unspecified atom stereocenters. The Hall–Kier alpha value is -2.81. The Morgan fingerprint density at radius 3 is 2.77 bits per heavy atom. The first-order valence-corrected chi connectivity index (χ1v) is 10.3. The molecular weight excluding hydrogens is 411 g/mol. The van der Waals surface area contributed by atoms with Gasteiger partial charge in [0.25, 0.3) is 0 Å². The molecule has 10 heteroatoms. The van der Waals surface area contributed by atoms with Crippen LogP contribution in [-0.4, -0.2) is 44.3 Å². The van der Waals surface area contributed by atoms with E-state index in [0.717, 1.165) is 31.9 Å². The Balaban J connectivity index is 1.50. The van der Waals surface area contributed by atoms with Gasteiger partial charge in [-0.1, -0.05) is 11.6 Å². The molecule has 0 spiro atoms. The second kappa shape index (κ2) is 7.46. The van der Waals surface area contributed by atoms with Gasteiger partial charge in [0, 0.05) is 6.04 Å². The zero-order valence-electron chi connectivity index (χ0n) is 16.2. The van der Waals surface area contributed by atoms with E-state index in [-0.39, 0.29) is 17.9 Å². The monoisotopic (exact) mass is 430 g/mol. The maximum absolute atomic E-state index is 13.7. The summed E-state index contributed by atoms with van der Waals surface area (Å²) in [6.07, 6.45) is 6.77. The number of nitrogens with zero attached hydrogens (tertiary/aromatic N) is 4. The second-order valence-corrected chi connectivity index (χ2v) is 8.31. The number of H-pyrrole nitrogens is 1. The Bertz CT molecular complexity index is 1110. The lowest BCUT2D eigenvalue weighted by molar-refractivity contribution is -0.152. The summed E-state index contributed by atoms with van der Waals surface area (Å²) in [4.78, 5) is 25.3. The highest BCUT2D eigenvalue weighted by Crippen LogP contribution is 2.47. The number of hydrogen-bond acceptors (Lipinski definition) is 7. The number of fused-ring (bicyclic) bond motifs is 4. The number of esters is 1. The Labute approximate surface area is 176 Å². The number of halogens is 2. The van der Waals surface area contributed by atoms with Gasteiger partial charge in [-0.05, 0) is 43.6 Å². The van der Waals surface area contributed by atoms with E-state index in [0.29, 0.717) is 45.2 Å². The van der Waals surface area contributed by atoms with Crippen molar-refractivity contribution in [3.05, 3.63) is 29.3 Å². The normalized spacial score (nSPS) is 25.4. The highest BCUT2D eigenvalue weighted by molar-refractivity contribution is 6.32. The van der Waals surface area contributed by atoms with E-state index in [2.05, 4.69) is 30.5 Å². The molecule has 0 aliphatic heterocycles. The van der Waals surface area contributed by atoms with Crippen molar-refractivity contribution in [1.29, 1.82) is 0 Å². The Kier molecular flexibility index (Phi) is 4.77. The number of pyridine rings is 1. The molecule has 3 aromatic rings. The van der Waals surface area contributed by atoms with Crippen LogP contribution < -0.4 is 5.32 Å². The molecule has 6 rings (SSSR count). The van der Waals surface area contributed by atoms with Crippen molar-refractivity contribution in [1.82, 2.24) is 25.1 Å². The predicted octanol–water partition coefficient (Wildman–Crippen LogP) is 3.60. The quantitative estimate of drug-likeness (QED) is 0.609. The van der Waals surface area contributed by atoms with E-state index >= 15 is 0 Å². The van der Waals surface area contributed by atoms with Gasteiger partial charge in [-0.25, -0.2) is 19.3 Å². The third-order valence-electron chi connectivity index (χ3n) is 6.34. The van der Waals surface area contributed by atoms with E-state index < -0.39 is 5.82 Å². The summed E-state index contributed by atoms with van der Waals surface area (Å²) < 4.78 is 18.8. The number of rotatable bonds is 4. The molecule has 3 heterocycles. The number of aromatic nitrogens is 5. The lowest BCUT2D eigenvalue weighted by atomic mass is 9.61. The van der Waals surface area contributed by atoms with Gasteiger partial charge in [-0.2, -0.15) is 5.10 Å². The minimum Gasteiger partial charge on any atom is -0.469 e. The van der Waals surface area contributed by atoms with Crippen LogP contribution in [0.15, 0.2) is 18.5 Å². The van der Waals surface area contributed by atoms with Crippen molar-refractivity contribution >= 4 is 34.4 Å². The van der Waals surface area contributed by atoms with Crippen molar-refractivity contribution in [2.75, 3.05) is 12.4 Å². The first-order valence-electron chi connectivity index (χ1n) is 9.92. The molecule has 8 nitrogen and oxygen atoms in total. The molecule has 3 saturated carbocycles. The molecule has 3 aliphatic rings. The summed E-state index contributed by atoms with van der Waals surface area (Å²) in [5, 5.41) is 11.1. The summed E-state index contributed by atoms with van der Waals surface area (Å²) in [7, 11) is 1.42. The first-order chi connectivity index (χ1) is 14.5. The number of hydrogen-bond donors (Lipinski definition) is 2. The maximum atomic E-state index is 13.7. The molecule has 3 fully saturated rings. The van der Waals surface area contributed by atoms with Gasteiger partial charge < -0.3 is 10.1 Å². The second-order valence-electron chi connectivity index (χ2n) is 7.91. The zero-order chi connectivity index (χ0) is 20.8. The van der Waals surface area contributed by atoms with Gasteiger partial charge in [0.1, 0.15) is 22.4 Å². The molecule has 3 aromatic heterocycles. The molecule has 0 saturated heterocycles. The maximum Gasteiger partial charge on any atom is 0.311 e. The molecule has 156 valence electrons. The largest absolute Gasteiger partial charge is 0.469 e. The van der Waals surface area contributed by atoms with Gasteiger partial charge in [-0.3, -0.25) is 9.89 Å². The fourth-order valence-corrected chi connectivity index (χ4v) is 5.07. The van der Waals surface area contributed by atoms with Gasteiger partial charge in [0.15, 0.2) is 11.5 Å². The minimum absolute atomic E-state index is 0.108. The number of carbonyl (C=O) groups is 1. The zero-order valence-corrected chi connectivity index (χ0v) is 17.0. The Morgan fingerprint density at radius 2 is 2.00 bits per heavy atom. The minimum atomic E-state index is -0.475.